The molecule has 1 saturated heterocycles. The molecule has 1 heterocycles. The van der Waals surface area contributed by atoms with Gasteiger partial charge in [-0.25, -0.2) is 4.79 Å². The molecule has 5 nitrogen and oxygen atoms in total. The number of esters is 1. The molecule has 1 unspecified atom stereocenters. The lowest BCUT2D eigenvalue weighted by Gasteiger charge is -2.37. The Morgan fingerprint density at radius 2 is 2.12 bits per heavy atom. The summed E-state index contributed by atoms with van der Waals surface area (Å²) in [5, 5.41) is 5.45. The predicted molar refractivity (Wildman–Crippen MR) is 102 cm³/mol. The average molecular weight is 352 g/mol. The molecule has 0 aliphatic carbocycles. The Balaban J connectivity index is 1.86. The van der Waals surface area contributed by atoms with Crippen LogP contribution in [0.3, 0.4) is 0 Å². The van der Waals surface area contributed by atoms with Gasteiger partial charge >= 0.3 is 5.97 Å². The van der Waals surface area contributed by atoms with E-state index in [1.807, 2.05) is 30.3 Å². The van der Waals surface area contributed by atoms with Crippen LogP contribution in [0.5, 0.6) is 0 Å². The summed E-state index contributed by atoms with van der Waals surface area (Å²) in [5.74, 6) is -0.460. The first-order chi connectivity index (χ1) is 12.6. The Labute approximate surface area is 153 Å². The summed E-state index contributed by atoms with van der Waals surface area (Å²) >= 11 is 0. The van der Waals surface area contributed by atoms with Gasteiger partial charge in [0, 0.05) is 19.5 Å². The highest BCUT2D eigenvalue weighted by Crippen LogP contribution is 2.20. The zero-order valence-corrected chi connectivity index (χ0v) is 15.0. The lowest BCUT2D eigenvalue weighted by molar-refractivity contribution is -0.154. The van der Waals surface area contributed by atoms with E-state index in [0.29, 0.717) is 25.9 Å². The smallest absolute Gasteiger partial charge is 0.328 e. The number of ether oxygens (including phenoxy) is 1. The predicted octanol–water partition coefficient (Wildman–Crippen LogP) is 2.30. The van der Waals surface area contributed by atoms with Crippen molar-refractivity contribution in [2.24, 2.45) is 0 Å². The Bertz CT molecular complexity index is 818. The van der Waals surface area contributed by atoms with E-state index in [9.17, 15) is 9.59 Å². The highest BCUT2D eigenvalue weighted by Gasteiger charge is 2.36. The number of hydrogen-bond acceptors (Lipinski definition) is 4. The van der Waals surface area contributed by atoms with Crippen molar-refractivity contribution < 1.29 is 14.3 Å². The van der Waals surface area contributed by atoms with Crippen LogP contribution in [0.15, 0.2) is 55.1 Å². The third-order valence-corrected chi connectivity index (χ3v) is 4.82. The minimum absolute atomic E-state index is 0.0765. The van der Waals surface area contributed by atoms with Gasteiger partial charge in [0.15, 0.2) is 0 Å². The summed E-state index contributed by atoms with van der Waals surface area (Å²) in [7, 11) is 1.36. The SMILES string of the molecule is C=CCC1NCCN([C@@H](Cc2ccc3ccccc3c2)C(=O)OC)C1=O. The second kappa shape index (κ2) is 8.15. The number of carbonyl (C=O) groups is 2. The Kier molecular flexibility index (Phi) is 5.68. The Morgan fingerprint density at radius 1 is 1.35 bits per heavy atom. The van der Waals surface area contributed by atoms with Crippen LogP contribution in [0.2, 0.25) is 0 Å². The zero-order valence-electron chi connectivity index (χ0n) is 15.0. The number of piperazine rings is 1. The Morgan fingerprint density at radius 3 is 2.85 bits per heavy atom. The van der Waals surface area contributed by atoms with Crippen LogP contribution in [0, 0.1) is 0 Å². The van der Waals surface area contributed by atoms with Gasteiger partial charge in [-0.05, 0) is 22.8 Å². The summed E-state index contributed by atoms with van der Waals surface area (Å²) in [6.07, 6.45) is 2.69. The van der Waals surface area contributed by atoms with Gasteiger partial charge < -0.3 is 15.0 Å². The fourth-order valence-electron chi connectivity index (χ4n) is 3.46. The fraction of sp³-hybridized carbons (Fsp3) is 0.333. The van der Waals surface area contributed by atoms with Crippen molar-refractivity contribution >= 4 is 22.6 Å². The number of nitrogens with zero attached hydrogens (tertiary/aromatic N) is 1. The zero-order chi connectivity index (χ0) is 18.5. The van der Waals surface area contributed by atoms with Gasteiger partial charge in [-0.2, -0.15) is 0 Å². The highest BCUT2D eigenvalue weighted by molar-refractivity contribution is 5.89. The molecule has 0 aromatic heterocycles. The third kappa shape index (κ3) is 3.78. The lowest BCUT2D eigenvalue weighted by atomic mass is 9.99. The summed E-state index contributed by atoms with van der Waals surface area (Å²) in [5.41, 5.74) is 1.01. The summed E-state index contributed by atoms with van der Waals surface area (Å²) < 4.78 is 5.00. The van der Waals surface area contributed by atoms with Crippen molar-refractivity contribution in [3.63, 3.8) is 0 Å². The van der Waals surface area contributed by atoms with Crippen LogP contribution >= 0.6 is 0 Å². The van der Waals surface area contributed by atoms with E-state index < -0.39 is 6.04 Å². The van der Waals surface area contributed by atoms with E-state index in [1.54, 1.807) is 11.0 Å². The van der Waals surface area contributed by atoms with Crippen LogP contribution in [0.25, 0.3) is 10.8 Å². The summed E-state index contributed by atoms with van der Waals surface area (Å²) in [6.45, 7) is 4.84. The molecule has 3 rings (SSSR count). The van der Waals surface area contributed by atoms with Crippen molar-refractivity contribution in [3.05, 3.63) is 60.7 Å². The number of amides is 1. The van der Waals surface area contributed by atoms with Crippen LogP contribution in [0.1, 0.15) is 12.0 Å². The summed E-state index contributed by atoms with van der Waals surface area (Å²) in [4.78, 5) is 26.9. The topological polar surface area (TPSA) is 58.6 Å². The number of carbonyl (C=O) groups excluding carboxylic acids is 2. The van der Waals surface area contributed by atoms with Crippen molar-refractivity contribution in [3.8, 4) is 0 Å². The fourth-order valence-corrected chi connectivity index (χ4v) is 3.46. The quantitative estimate of drug-likeness (QED) is 0.640. The van der Waals surface area contributed by atoms with Crippen molar-refractivity contribution in [1.82, 2.24) is 10.2 Å². The number of hydrogen-bond donors (Lipinski definition) is 1. The van der Waals surface area contributed by atoms with Crippen LogP contribution in [0.4, 0.5) is 0 Å². The van der Waals surface area contributed by atoms with Gasteiger partial charge in [0.25, 0.3) is 0 Å². The minimum atomic E-state index is -0.622. The van der Waals surface area contributed by atoms with Crippen LogP contribution in [-0.4, -0.2) is 49.1 Å². The van der Waals surface area contributed by atoms with E-state index in [0.717, 1.165) is 16.3 Å². The molecule has 0 saturated carbocycles. The maximum atomic E-state index is 12.8. The lowest BCUT2D eigenvalue weighted by Crippen LogP contribution is -2.60. The van der Waals surface area contributed by atoms with Gasteiger partial charge in [-0.15, -0.1) is 6.58 Å². The first kappa shape index (κ1) is 18.1. The van der Waals surface area contributed by atoms with E-state index >= 15 is 0 Å². The van der Waals surface area contributed by atoms with Gasteiger partial charge in [0.05, 0.1) is 13.2 Å². The van der Waals surface area contributed by atoms with Gasteiger partial charge in [0.1, 0.15) is 6.04 Å². The maximum absolute atomic E-state index is 12.8. The van der Waals surface area contributed by atoms with Crippen molar-refractivity contribution in [2.45, 2.75) is 24.9 Å². The minimum Gasteiger partial charge on any atom is -0.467 e. The molecule has 1 N–H and O–H groups in total. The van der Waals surface area contributed by atoms with E-state index in [-0.39, 0.29) is 17.9 Å². The molecule has 1 aliphatic heterocycles. The molecule has 1 aliphatic rings. The maximum Gasteiger partial charge on any atom is 0.328 e. The van der Waals surface area contributed by atoms with E-state index in [2.05, 4.69) is 24.0 Å². The molecule has 2 aromatic rings. The normalized spacial score (nSPS) is 18.6. The number of benzene rings is 2. The first-order valence-electron chi connectivity index (χ1n) is 8.84. The molecular weight excluding hydrogens is 328 g/mol. The second-order valence-corrected chi connectivity index (χ2v) is 6.49. The number of rotatable bonds is 6. The van der Waals surface area contributed by atoms with Crippen molar-refractivity contribution in [2.75, 3.05) is 20.2 Å². The van der Waals surface area contributed by atoms with E-state index in [1.165, 1.54) is 7.11 Å². The number of nitrogens with one attached hydrogen (secondary N) is 1. The molecule has 26 heavy (non-hydrogen) atoms. The summed E-state index contributed by atoms with van der Waals surface area (Å²) in [6, 6.07) is 13.2. The van der Waals surface area contributed by atoms with Gasteiger partial charge in [-0.1, -0.05) is 48.5 Å². The van der Waals surface area contributed by atoms with E-state index in [4.69, 9.17) is 4.74 Å². The largest absolute Gasteiger partial charge is 0.467 e. The number of methoxy groups -OCH3 is 1. The van der Waals surface area contributed by atoms with Gasteiger partial charge in [0.2, 0.25) is 5.91 Å². The first-order valence-corrected chi connectivity index (χ1v) is 8.84. The highest BCUT2D eigenvalue weighted by atomic mass is 16.5. The molecule has 1 fully saturated rings. The molecule has 0 bridgehead atoms. The molecule has 2 aromatic carbocycles. The van der Waals surface area contributed by atoms with Crippen LogP contribution in [-0.2, 0) is 20.7 Å². The molecule has 1 amide bonds. The monoisotopic (exact) mass is 352 g/mol. The molecular formula is C21H24N2O3. The molecule has 0 radical (unpaired) electrons. The molecule has 5 heteroatoms. The molecule has 136 valence electrons. The third-order valence-electron chi connectivity index (χ3n) is 4.82. The second-order valence-electron chi connectivity index (χ2n) is 6.49. The van der Waals surface area contributed by atoms with Crippen LogP contribution < -0.4 is 5.32 Å². The standard InChI is InChI=1S/C21H24N2O3/c1-3-6-18-20(24)23(12-11-22-18)19(21(25)26-2)14-15-9-10-16-7-4-5-8-17(16)13-15/h3-5,7-10,13,18-19,22H,1,6,11-12,14H2,2H3/t18?,19-/m0/s1. The molecule has 2 atom stereocenters. The molecule has 0 spiro atoms. The Hall–Kier alpha value is -2.66. The average Bonchev–Trinajstić information content (AvgIpc) is 2.67. The number of fused-ring (bicyclic) bond motifs is 1. The van der Waals surface area contributed by atoms with Gasteiger partial charge in [-0.3, -0.25) is 4.79 Å². The van der Waals surface area contributed by atoms with Crippen molar-refractivity contribution in [1.29, 1.82) is 0 Å².